The predicted octanol–water partition coefficient (Wildman–Crippen LogP) is 3.45. The highest BCUT2D eigenvalue weighted by molar-refractivity contribution is 5.31. The molecule has 1 heterocycles. The van der Waals surface area contributed by atoms with Crippen LogP contribution in [0.3, 0.4) is 0 Å². The Kier molecular flexibility index (Phi) is 4.91. The number of rotatable bonds is 6. The van der Waals surface area contributed by atoms with Crippen LogP contribution in [0.2, 0.25) is 0 Å². The van der Waals surface area contributed by atoms with E-state index in [9.17, 15) is 4.39 Å². The maximum atomic E-state index is 13.6. The molecule has 0 radical (unpaired) electrons. The van der Waals surface area contributed by atoms with Gasteiger partial charge in [-0.2, -0.15) is 5.10 Å². The fourth-order valence-corrected chi connectivity index (χ4v) is 2.67. The van der Waals surface area contributed by atoms with E-state index < -0.39 is 0 Å². The van der Waals surface area contributed by atoms with Crippen molar-refractivity contribution in [3.05, 3.63) is 83.4 Å². The molecule has 3 aromatic rings. The summed E-state index contributed by atoms with van der Waals surface area (Å²) in [5.74, 6) is 0.584. The van der Waals surface area contributed by atoms with Crippen molar-refractivity contribution in [1.29, 1.82) is 0 Å². The summed E-state index contributed by atoms with van der Waals surface area (Å²) in [4.78, 5) is 0. The van der Waals surface area contributed by atoms with Gasteiger partial charge in [0.15, 0.2) is 0 Å². The largest absolute Gasteiger partial charge is 0.497 e. The molecule has 0 saturated carbocycles. The number of ether oxygens (including phenoxy) is 1. The molecule has 0 aliphatic heterocycles. The monoisotopic (exact) mass is 325 g/mol. The number of methoxy groups -OCH3 is 1. The molecule has 4 nitrogen and oxygen atoms in total. The number of hydrogen-bond donors (Lipinski definition) is 1. The van der Waals surface area contributed by atoms with Crippen LogP contribution >= 0.6 is 0 Å². The van der Waals surface area contributed by atoms with Crippen molar-refractivity contribution in [1.82, 2.24) is 15.1 Å². The highest BCUT2D eigenvalue weighted by Crippen LogP contribution is 2.23. The predicted molar refractivity (Wildman–Crippen MR) is 91.3 cm³/mol. The Labute approximate surface area is 140 Å². The maximum absolute atomic E-state index is 13.6. The van der Waals surface area contributed by atoms with Crippen molar-refractivity contribution in [3.63, 3.8) is 0 Å². The van der Waals surface area contributed by atoms with Crippen LogP contribution in [0.5, 0.6) is 5.75 Å². The summed E-state index contributed by atoms with van der Waals surface area (Å²) in [6, 6.07) is 14.4. The molecule has 1 N–H and O–H groups in total. The van der Waals surface area contributed by atoms with Crippen LogP contribution < -0.4 is 10.1 Å². The molecular weight excluding hydrogens is 305 g/mol. The highest BCUT2D eigenvalue weighted by atomic mass is 19.1. The highest BCUT2D eigenvalue weighted by Gasteiger charge is 2.16. The second-order valence-corrected chi connectivity index (χ2v) is 5.66. The van der Waals surface area contributed by atoms with E-state index in [1.807, 2.05) is 43.6 Å². The molecule has 3 rings (SSSR count). The van der Waals surface area contributed by atoms with Gasteiger partial charge < -0.3 is 10.1 Å². The van der Waals surface area contributed by atoms with Gasteiger partial charge in [-0.25, -0.2) is 4.39 Å². The van der Waals surface area contributed by atoms with Crippen LogP contribution in [0.1, 0.15) is 22.7 Å². The van der Waals surface area contributed by atoms with Crippen molar-refractivity contribution < 1.29 is 9.13 Å². The normalized spacial score (nSPS) is 12.1. The van der Waals surface area contributed by atoms with Crippen molar-refractivity contribution in [2.45, 2.75) is 12.6 Å². The Bertz CT molecular complexity index is 798. The lowest BCUT2D eigenvalue weighted by molar-refractivity contribution is 0.414. The van der Waals surface area contributed by atoms with Gasteiger partial charge in [0.1, 0.15) is 11.6 Å². The average Bonchev–Trinajstić information content (AvgIpc) is 3.02. The first-order valence-corrected chi connectivity index (χ1v) is 7.76. The van der Waals surface area contributed by atoms with Crippen LogP contribution in [0, 0.1) is 5.82 Å². The number of aryl methyl sites for hydroxylation is 1. The molecule has 24 heavy (non-hydrogen) atoms. The van der Waals surface area contributed by atoms with Gasteiger partial charge in [0.25, 0.3) is 0 Å². The van der Waals surface area contributed by atoms with Gasteiger partial charge in [0, 0.05) is 25.4 Å². The first-order valence-electron chi connectivity index (χ1n) is 7.76. The van der Waals surface area contributed by atoms with Crippen molar-refractivity contribution in [2.75, 3.05) is 7.11 Å². The molecule has 5 heteroatoms. The van der Waals surface area contributed by atoms with Crippen molar-refractivity contribution in [3.8, 4) is 5.75 Å². The van der Waals surface area contributed by atoms with Gasteiger partial charge in [-0.15, -0.1) is 0 Å². The summed E-state index contributed by atoms with van der Waals surface area (Å²) in [5, 5.41) is 7.72. The quantitative estimate of drug-likeness (QED) is 0.754. The zero-order chi connectivity index (χ0) is 16.9. The topological polar surface area (TPSA) is 39.1 Å². The van der Waals surface area contributed by atoms with E-state index in [1.165, 1.54) is 6.07 Å². The third kappa shape index (κ3) is 3.81. The van der Waals surface area contributed by atoms with E-state index in [4.69, 9.17) is 4.74 Å². The smallest absolute Gasteiger partial charge is 0.123 e. The van der Waals surface area contributed by atoms with Gasteiger partial charge >= 0.3 is 0 Å². The SMILES string of the molecule is COc1ccc(CNC(c2cccc(F)c2)c2cnn(C)c2)cc1. The Morgan fingerprint density at radius 2 is 1.96 bits per heavy atom. The van der Waals surface area contributed by atoms with Gasteiger partial charge in [-0.05, 0) is 35.4 Å². The summed E-state index contributed by atoms with van der Waals surface area (Å²) < 4.78 is 20.6. The van der Waals surface area contributed by atoms with Crippen LogP contribution in [-0.4, -0.2) is 16.9 Å². The summed E-state index contributed by atoms with van der Waals surface area (Å²) in [6.45, 7) is 0.653. The third-order valence-electron chi connectivity index (χ3n) is 3.91. The lowest BCUT2D eigenvalue weighted by atomic mass is 10.0. The van der Waals surface area contributed by atoms with Gasteiger partial charge in [0.2, 0.25) is 0 Å². The lowest BCUT2D eigenvalue weighted by Gasteiger charge is -2.18. The van der Waals surface area contributed by atoms with Gasteiger partial charge in [-0.3, -0.25) is 4.68 Å². The summed E-state index contributed by atoms with van der Waals surface area (Å²) >= 11 is 0. The second kappa shape index (κ2) is 7.27. The molecular formula is C19H20FN3O. The van der Waals surface area contributed by atoms with Crippen molar-refractivity contribution in [2.24, 2.45) is 7.05 Å². The van der Waals surface area contributed by atoms with Crippen molar-refractivity contribution >= 4 is 0 Å². The van der Waals surface area contributed by atoms with Gasteiger partial charge in [-0.1, -0.05) is 24.3 Å². The Balaban J connectivity index is 1.82. The van der Waals surface area contributed by atoms with Gasteiger partial charge in [0.05, 0.1) is 19.3 Å². The summed E-state index contributed by atoms with van der Waals surface area (Å²) in [6.07, 6.45) is 3.74. The second-order valence-electron chi connectivity index (χ2n) is 5.66. The third-order valence-corrected chi connectivity index (χ3v) is 3.91. The number of halogens is 1. The molecule has 1 atom stereocenters. The molecule has 0 bridgehead atoms. The summed E-state index contributed by atoms with van der Waals surface area (Å²) in [5.41, 5.74) is 2.99. The Morgan fingerprint density at radius 1 is 1.17 bits per heavy atom. The summed E-state index contributed by atoms with van der Waals surface area (Å²) in [7, 11) is 3.52. The average molecular weight is 325 g/mol. The fourth-order valence-electron chi connectivity index (χ4n) is 2.67. The Hall–Kier alpha value is -2.66. The Morgan fingerprint density at radius 3 is 2.58 bits per heavy atom. The number of nitrogens with one attached hydrogen (secondary N) is 1. The van der Waals surface area contributed by atoms with Crippen LogP contribution in [0.15, 0.2) is 60.9 Å². The molecule has 1 aromatic heterocycles. The molecule has 0 aliphatic rings. The van der Waals surface area contributed by atoms with E-state index in [0.29, 0.717) is 6.54 Å². The first kappa shape index (κ1) is 16.2. The fraction of sp³-hybridized carbons (Fsp3) is 0.211. The van der Waals surface area contributed by atoms with E-state index in [-0.39, 0.29) is 11.9 Å². The molecule has 0 fully saturated rings. The minimum absolute atomic E-state index is 0.128. The minimum atomic E-state index is -0.243. The molecule has 124 valence electrons. The molecule has 0 spiro atoms. The molecule has 0 saturated heterocycles. The first-order chi connectivity index (χ1) is 11.7. The van der Waals surface area contributed by atoms with E-state index >= 15 is 0 Å². The molecule has 0 aliphatic carbocycles. The van der Waals surface area contributed by atoms with E-state index in [1.54, 1.807) is 30.1 Å². The van der Waals surface area contributed by atoms with E-state index in [0.717, 1.165) is 22.4 Å². The number of nitrogens with zero attached hydrogens (tertiary/aromatic N) is 2. The molecule has 0 amide bonds. The molecule has 1 unspecified atom stereocenters. The number of aromatic nitrogens is 2. The minimum Gasteiger partial charge on any atom is -0.497 e. The zero-order valence-corrected chi connectivity index (χ0v) is 13.7. The van der Waals surface area contributed by atoms with Crippen LogP contribution in [-0.2, 0) is 13.6 Å². The number of hydrogen-bond acceptors (Lipinski definition) is 3. The molecule has 2 aromatic carbocycles. The number of benzene rings is 2. The van der Waals surface area contributed by atoms with Crippen LogP contribution in [0.4, 0.5) is 4.39 Å². The zero-order valence-electron chi connectivity index (χ0n) is 13.7. The standard InChI is InChI=1S/C19H20FN3O/c1-23-13-16(12-22-23)19(15-4-3-5-17(20)10-15)21-11-14-6-8-18(24-2)9-7-14/h3-10,12-13,19,21H,11H2,1-2H3. The van der Waals surface area contributed by atoms with Crippen LogP contribution in [0.25, 0.3) is 0 Å². The van der Waals surface area contributed by atoms with E-state index in [2.05, 4.69) is 10.4 Å². The lowest BCUT2D eigenvalue weighted by Crippen LogP contribution is -2.21. The maximum Gasteiger partial charge on any atom is 0.123 e.